The van der Waals surface area contributed by atoms with Crippen LogP contribution in [0, 0.1) is 11.3 Å². The molecule has 0 atom stereocenters. The largest absolute Gasteiger partial charge is 0.508 e. The first kappa shape index (κ1) is 15.6. The topological polar surface area (TPSA) is 93.3 Å². The van der Waals surface area contributed by atoms with Crippen molar-refractivity contribution in [1.29, 1.82) is 5.26 Å². The highest BCUT2D eigenvalue weighted by molar-refractivity contribution is 9.10. The van der Waals surface area contributed by atoms with Crippen molar-refractivity contribution in [2.45, 2.75) is 0 Å². The van der Waals surface area contributed by atoms with Crippen molar-refractivity contribution in [3.8, 4) is 17.6 Å². The van der Waals surface area contributed by atoms with E-state index < -0.39 is 5.91 Å². The molecule has 0 aliphatic heterocycles. The van der Waals surface area contributed by atoms with Crippen LogP contribution in [0.3, 0.4) is 0 Å². The predicted octanol–water partition coefficient (Wildman–Crippen LogP) is 3.41. The first-order valence-electron chi connectivity index (χ1n) is 6.20. The molecule has 0 saturated carbocycles. The van der Waals surface area contributed by atoms with Crippen LogP contribution in [0.5, 0.6) is 11.5 Å². The van der Waals surface area contributed by atoms with Crippen LogP contribution in [0.25, 0.3) is 6.08 Å². The summed E-state index contributed by atoms with van der Waals surface area (Å²) in [5, 5.41) is 30.6. The van der Waals surface area contributed by atoms with Crippen molar-refractivity contribution in [2.75, 3.05) is 5.32 Å². The third-order valence-electron chi connectivity index (χ3n) is 2.76. The SMILES string of the molecule is N#C/C(=C/c1ccc(O)cc1O)C(=O)Nc1cccc(Br)c1. The molecule has 0 aliphatic rings. The molecule has 0 fully saturated rings. The van der Waals surface area contributed by atoms with E-state index in [1.54, 1.807) is 24.3 Å². The number of nitriles is 1. The first-order chi connectivity index (χ1) is 10.5. The molecule has 0 saturated heterocycles. The van der Waals surface area contributed by atoms with Gasteiger partial charge < -0.3 is 15.5 Å². The van der Waals surface area contributed by atoms with Gasteiger partial charge in [-0.25, -0.2) is 0 Å². The molecule has 0 spiro atoms. The molecule has 110 valence electrons. The smallest absolute Gasteiger partial charge is 0.266 e. The molecule has 0 bridgehead atoms. The summed E-state index contributed by atoms with van der Waals surface area (Å²) in [6, 6.07) is 12.6. The number of hydrogen-bond acceptors (Lipinski definition) is 4. The van der Waals surface area contributed by atoms with Gasteiger partial charge in [0.05, 0.1) is 0 Å². The van der Waals surface area contributed by atoms with E-state index in [0.717, 1.165) is 10.5 Å². The van der Waals surface area contributed by atoms with Crippen molar-refractivity contribution < 1.29 is 15.0 Å². The fraction of sp³-hybridized carbons (Fsp3) is 0. The van der Waals surface area contributed by atoms with E-state index in [0.29, 0.717) is 5.69 Å². The second-order valence-corrected chi connectivity index (χ2v) is 5.29. The summed E-state index contributed by atoms with van der Waals surface area (Å²) in [7, 11) is 0. The average Bonchev–Trinajstić information content (AvgIpc) is 2.46. The minimum Gasteiger partial charge on any atom is -0.508 e. The van der Waals surface area contributed by atoms with Crippen molar-refractivity contribution in [3.63, 3.8) is 0 Å². The van der Waals surface area contributed by atoms with Gasteiger partial charge >= 0.3 is 0 Å². The van der Waals surface area contributed by atoms with E-state index in [9.17, 15) is 15.0 Å². The molecule has 0 aromatic heterocycles. The average molecular weight is 359 g/mol. The van der Waals surface area contributed by atoms with Crippen LogP contribution in [-0.2, 0) is 4.79 Å². The van der Waals surface area contributed by atoms with Gasteiger partial charge in [-0.05, 0) is 36.4 Å². The fourth-order valence-corrected chi connectivity index (χ4v) is 2.12. The molecule has 3 N–H and O–H groups in total. The molecular formula is C16H11BrN2O3. The predicted molar refractivity (Wildman–Crippen MR) is 86.1 cm³/mol. The molecule has 0 aliphatic carbocycles. The summed E-state index contributed by atoms with van der Waals surface area (Å²) in [6.45, 7) is 0. The highest BCUT2D eigenvalue weighted by atomic mass is 79.9. The number of nitrogens with one attached hydrogen (secondary N) is 1. The lowest BCUT2D eigenvalue weighted by Crippen LogP contribution is -2.13. The zero-order valence-corrected chi connectivity index (χ0v) is 12.8. The number of rotatable bonds is 3. The van der Waals surface area contributed by atoms with Crippen LogP contribution in [0.2, 0.25) is 0 Å². The molecule has 2 rings (SSSR count). The Hall–Kier alpha value is -2.78. The van der Waals surface area contributed by atoms with Crippen molar-refractivity contribution in [3.05, 3.63) is 58.1 Å². The summed E-state index contributed by atoms with van der Waals surface area (Å²) in [5.74, 6) is -0.914. The maximum Gasteiger partial charge on any atom is 0.266 e. The summed E-state index contributed by atoms with van der Waals surface area (Å²) < 4.78 is 0.795. The number of aromatic hydroxyl groups is 2. The van der Waals surface area contributed by atoms with Crippen LogP contribution < -0.4 is 5.32 Å². The number of carbonyl (C=O) groups excluding carboxylic acids is 1. The molecule has 22 heavy (non-hydrogen) atoms. The van der Waals surface area contributed by atoms with Gasteiger partial charge in [0.2, 0.25) is 0 Å². The monoisotopic (exact) mass is 358 g/mol. The van der Waals surface area contributed by atoms with Gasteiger partial charge in [-0.1, -0.05) is 22.0 Å². The normalized spacial score (nSPS) is 10.8. The molecule has 2 aromatic rings. The number of phenols is 2. The van der Waals surface area contributed by atoms with Gasteiger partial charge in [-0.15, -0.1) is 0 Å². The lowest BCUT2D eigenvalue weighted by Gasteiger charge is -2.05. The second kappa shape index (κ2) is 6.78. The van der Waals surface area contributed by atoms with Gasteiger partial charge in [0.15, 0.2) is 0 Å². The standard InChI is InChI=1S/C16H11BrN2O3/c17-12-2-1-3-13(7-12)19-16(22)11(9-18)6-10-4-5-14(20)8-15(10)21/h1-8,20-21H,(H,19,22)/b11-6-. The molecule has 1 amide bonds. The van der Waals surface area contributed by atoms with Gasteiger partial charge in [0.25, 0.3) is 5.91 Å². The number of nitrogens with zero attached hydrogens (tertiary/aromatic N) is 1. The van der Waals surface area contributed by atoms with Gasteiger partial charge in [0.1, 0.15) is 23.1 Å². The van der Waals surface area contributed by atoms with E-state index in [1.807, 2.05) is 6.07 Å². The molecule has 5 nitrogen and oxygen atoms in total. The zero-order chi connectivity index (χ0) is 16.1. The van der Waals surface area contributed by atoms with Crippen LogP contribution in [0.15, 0.2) is 52.5 Å². The number of halogens is 1. The Labute approximate surface area is 135 Å². The quantitative estimate of drug-likeness (QED) is 0.578. The Balaban J connectivity index is 2.26. The first-order valence-corrected chi connectivity index (χ1v) is 6.99. The van der Waals surface area contributed by atoms with E-state index in [2.05, 4.69) is 21.2 Å². The number of anilines is 1. The lowest BCUT2D eigenvalue weighted by atomic mass is 10.1. The number of amides is 1. The molecular weight excluding hydrogens is 348 g/mol. The zero-order valence-electron chi connectivity index (χ0n) is 11.2. The van der Waals surface area contributed by atoms with E-state index in [-0.39, 0.29) is 22.6 Å². The van der Waals surface area contributed by atoms with Crippen molar-refractivity contribution >= 4 is 33.6 Å². The van der Waals surface area contributed by atoms with Crippen LogP contribution in [0.4, 0.5) is 5.69 Å². The van der Waals surface area contributed by atoms with Crippen molar-refractivity contribution in [2.24, 2.45) is 0 Å². The van der Waals surface area contributed by atoms with Gasteiger partial charge in [0, 0.05) is 21.8 Å². The Morgan fingerprint density at radius 3 is 2.64 bits per heavy atom. The Bertz CT molecular complexity index is 794. The molecule has 0 heterocycles. The number of hydrogen-bond donors (Lipinski definition) is 3. The summed E-state index contributed by atoms with van der Waals surface area (Å²) in [6.07, 6.45) is 1.25. The van der Waals surface area contributed by atoms with E-state index in [4.69, 9.17) is 5.26 Å². The minimum absolute atomic E-state index is 0.105. The third kappa shape index (κ3) is 3.87. The Morgan fingerprint density at radius 2 is 2.00 bits per heavy atom. The fourth-order valence-electron chi connectivity index (χ4n) is 1.72. The molecule has 6 heteroatoms. The Kier molecular flexibility index (Phi) is 4.81. The highest BCUT2D eigenvalue weighted by Gasteiger charge is 2.11. The van der Waals surface area contributed by atoms with E-state index >= 15 is 0 Å². The molecule has 2 aromatic carbocycles. The number of benzene rings is 2. The lowest BCUT2D eigenvalue weighted by molar-refractivity contribution is -0.112. The minimum atomic E-state index is -0.590. The van der Waals surface area contributed by atoms with E-state index in [1.165, 1.54) is 18.2 Å². The number of phenolic OH excluding ortho intramolecular Hbond substituents is 2. The maximum atomic E-state index is 12.1. The number of carbonyl (C=O) groups is 1. The summed E-state index contributed by atoms with van der Waals surface area (Å²) in [5.41, 5.74) is 0.634. The summed E-state index contributed by atoms with van der Waals surface area (Å²) in [4.78, 5) is 12.1. The Morgan fingerprint density at radius 1 is 1.23 bits per heavy atom. The second-order valence-electron chi connectivity index (χ2n) is 4.38. The summed E-state index contributed by atoms with van der Waals surface area (Å²) >= 11 is 3.29. The highest BCUT2D eigenvalue weighted by Crippen LogP contribution is 2.25. The van der Waals surface area contributed by atoms with Crippen molar-refractivity contribution in [1.82, 2.24) is 0 Å². The van der Waals surface area contributed by atoms with Gasteiger partial charge in [-0.2, -0.15) is 5.26 Å². The van der Waals surface area contributed by atoms with Crippen LogP contribution in [-0.4, -0.2) is 16.1 Å². The molecule has 0 radical (unpaired) electrons. The van der Waals surface area contributed by atoms with Gasteiger partial charge in [-0.3, -0.25) is 4.79 Å². The maximum absolute atomic E-state index is 12.1. The van der Waals surface area contributed by atoms with Crippen LogP contribution >= 0.6 is 15.9 Å². The third-order valence-corrected chi connectivity index (χ3v) is 3.25. The van der Waals surface area contributed by atoms with Crippen LogP contribution in [0.1, 0.15) is 5.56 Å². The molecule has 0 unspecified atom stereocenters.